The molecule has 1 aromatic carbocycles. The quantitative estimate of drug-likeness (QED) is 0.340. The van der Waals surface area contributed by atoms with E-state index in [2.05, 4.69) is 22.7 Å². The van der Waals surface area contributed by atoms with Gasteiger partial charge < -0.3 is 15.2 Å². The number of carbonyl (C=O) groups is 1. The molecule has 0 bridgehead atoms. The van der Waals surface area contributed by atoms with Gasteiger partial charge in [0.05, 0.1) is 25.8 Å². The number of hydrogen-bond acceptors (Lipinski definition) is 5. The number of benzene rings is 1. The summed E-state index contributed by atoms with van der Waals surface area (Å²) in [7, 11) is 0. The van der Waals surface area contributed by atoms with Crippen molar-refractivity contribution >= 4 is 29.5 Å². The van der Waals surface area contributed by atoms with Crippen LogP contribution in [-0.2, 0) is 9.53 Å². The number of rotatable bonds is 7. The highest BCUT2D eigenvalue weighted by Crippen LogP contribution is 2.12. The first-order valence-corrected chi connectivity index (χ1v) is 6.49. The summed E-state index contributed by atoms with van der Waals surface area (Å²) in [6.45, 7) is 2.41. The third-order valence-electron chi connectivity index (χ3n) is 2.13. The SMILES string of the molecule is CCOC(=O)CCOc1cccc(C=NNC(N)=S)c1. The number of esters is 1. The van der Waals surface area contributed by atoms with Gasteiger partial charge in [0.2, 0.25) is 0 Å². The zero-order chi connectivity index (χ0) is 14.8. The van der Waals surface area contributed by atoms with Crippen LogP contribution < -0.4 is 15.9 Å². The standard InChI is InChI=1S/C13H17N3O3S/c1-2-18-12(17)6-7-19-11-5-3-4-10(8-11)9-15-16-13(14)20/h3-5,8-9H,2,6-7H2,1H3,(H3,14,16,20). The largest absolute Gasteiger partial charge is 0.493 e. The van der Waals surface area contributed by atoms with Crippen LogP contribution in [0.1, 0.15) is 18.9 Å². The fourth-order valence-electron chi connectivity index (χ4n) is 1.34. The molecule has 0 unspecified atom stereocenters. The first kappa shape index (κ1) is 15.9. The van der Waals surface area contributed by atoms with Gasteiger partial charge >= 0.3 is 5.97 Å². The Morgan fingerprint density at radius 2 is 2.35 bits per heavy atom. The fraction of sp³-hybridized carbons (Fsp3) is 0.308. The van der Waals surface area contributed by atoms with Crippen molar-refractivity contribution in [3.8, 4) is 5.75 Å². The average Bonchev–Trinajstić information content (AvgIpc) is 2.39. The molecule has 0 spiro atoms. The minimum absolute atomic E-state index is 0.100. The predicted molar refractivity (Wildman–Crippen MR) is 80.7 cm³/mol. The second kappa shape index (κ2) is 8.87. The van der Waals surface area contributed by atoms with Crippen molar-refractivity contribution in [2.24, 2.45) is 10.8 Å². The molecule has 3 N–H and O–H groups in total. The van der Waals surface area contributed by atoms with E-state index in [-0.39, 0.29) is 24.1 Å². The summed E-state index contributed by atoms with van der Waals surface area (Å²) in [5.41, 5.74) is 8.53. The van der Waals surface area contributed by atoms with E-state index < -0.39 is 0 Å². The van der Waals surface area contributed by atoms with Crippen LogP contribution in [0.3, 0.4) is 0 Å². The van der Waals surface area contributed by atoms with Gasteiger partial charge in [0, 0.05) is 0 Å². The Morgan fingerprint density at radius 3 is 3.05 bits per heavy atom. The molecule has 0 aliphatic heterocycles. The van der Waals surface area contributed by atoms with Gasteiger partial charge in [-0.25, -0.2) is 0 Å². The zero-order valence-electron chi connectivity index (χ0n) is 11.2. The highest BCUT2D eigenvalue weighted by atomic mass is 32.1. The summed E-state index contributed by atoms with van der Waals surface area (Å²) in [6.07, 6.45) is 1.78. The van der Waals surface area contributed by atoms with E-state index in [1.54, 1.807) is 25.3 Å². The molecule has 6 nitrogen and oxygen atoms in total. The van der Waals surface area contributed by atoms with Crippen LogP contribution in [0.4, 0.5) is 0 Å². The van der Waals surface area contributed by atoms with Crippen molar-refractivity contribution in [2.75, 3.05) is 13.2 Å². The lowest BCUT2D eigenvalue weighted by atomic mass is 10.2. The lowest BCUT2D eigenvalue weighted by molar-refractivity contribution is -0.143. The van der Waals surface area contributed by atoms with E-state index in [0.717, 1.165) is 5.56 Å². The second-order valence-corrected chi connectivity index (χ2v) is 4.15. The number of carbonyl (C=O) groups excluding carboxylic acids is 1. The molecule has 0 fully saturated rings. The van der Waals surface area contributed by atoms with Gasteiger partial charge in [-0.2, -0.15) is 5.10 Å². The number of nitrogens with two attached hydrogens (primary N) is 1. The normalized spacial score (nSPS) is 10.2. The molecule has 0 heterocycles. The van der Waals surface area contributed by atoms with Crippen LogP contribution in [0.5, 0.6) is 5.75 Å². The molecule has 0 aliphatic rings. The Labute approximate surface area is 122 Å². The van der Waals surface area contributed by atoms with Crippen molar-refractivity contribution in [3.05, 3.63) is 29.8 Å². The molecular formula is C13H17N3O3S. The maximum Gasteiger partial charge on any atom is 0.309 e. The zero-order valence-corrected chi connectivity index (χ0v) is 12.0. The molecule has 1 aromatic rings. The van der Waals surface area contributed by atoms with Crippen molar-refractivity contribution in [2.45, 2.75) is 13.3 Å². The van der Waals surface area contributed by atoms with Crippen LogP contribution in [0.25, 0.3) is 0 Å². The van der Waals surface area contributed by atoms with Crippen LogP contribution in [-0.4, -0.2) is 30.5 Å². The molecule has 20 heavy (non-hydrogen) atoms. The lowest BCUT2D eigenvalue weighted by Crippen LogP contribution is -2.23. The molecular weight excluding hydrogens is 278 g/mol. The minimum atomic E-state index is -0.272. The highest BCUT2D eigenvalue weighted by Gasteiger charge is 2.02. The number of thiocarbonyl (C=S) groups is 1. The molecule has 0 amide bonds. The van der Waals surface area contributed by atoms with Gasteiger partial charge in [0.15, 0.2) is 5.11 Å². The number of hydrazone groups is 1. The van der Waals surface area contributed by atoms with Gasteiger partial charge in [0.1, 0.15) is 5.75 Å². The van der Waals surface area contributed by atoms with Crippen molar-refractivity contribution in [3.63, 3.8) is 0 Å². The predicted octanol–water partition coefficient (Wildman–Crippen LogP) is 1.19. The maximum absolute atomic E-state index is 11.1. The average molecular weight is 295 g/mol. The molecule has 0 radical (unpaired) electrons. The van der Waals surface area contributed by atoms with Gasteiger partial charge in [0.25, 0.3) is 0 Å². The van der Waals surface area contributed by atoms with Gasteiger partial charge in [-0.15, -0.1) is 0 Å². The summed E-state index contributed by atoms with van der Waals surface area (Å²) in [5, 5.41) is 3.94. The van der Waals surface area contributed by atoms with E-state index in [1.807, 2.05) is 12.1 Å². The lowest BCUT2D eigenvalue weighted by Gasteiger charge is -2.06. The summed E-state index contributed by atoms with van der Waals surface area (Å²) < 4.78 is 10.3. The monoisotopic (exact) mass is 295 g/mol. The topological polar surface area (TPSA) is 85.9 Å². The second-order valence-electron chi connectivity index (χ2n) is 3.71. The number of hydrogen-bond donors (Lipinski definition) is 2. The third-order valence-corrected chi connectivity index (χ3v) is 2.22. The maximum atomic E-state index is 11.1. The molecule has 0 atom stereocenters. The minimum Gasteiger partial charge on any atom is -0.493 e. The van der Waals surface area contributed by atoms with Crippen LogP contribution in [0, 0.1) is 0 Å². The Balaban J connectivity index is 2.45. The first-order chi connectivity index (χ1) is 9.61. The van der Waals surface area contributed by atoms with E-state index in [4.69, 9.17) is 15.2 Å². The Kier molecular flexibility index (Phi) is 7.05. The molecule has 108 valence electrons. The smallest absolute Gasteiger partial charge is 0.309 e. The number of ether oxygens (including phenoxy) is 2. The fourth-order valence-corrected chi connectivity index (χ4v) is 1.39. The van der Waals surface area contributed by atoms with E-state index >= 15 is 0 Å². The summed E-state index contributed by atoms with van der Waals surface area (Å²) in [4.78, 5) is 11.1. The Bertz CT molecular complexity index is 492. The molecule has 1 rings (SSSR count). The van der Waals surface area contributed by atoms with E-state index in [1.165, 1.54) is 0 Å². The van der Waals surface area contributed by atoms with Crippen LogP contribution in [0.15, 0.2) is 29.4 Å². The van der Waals surface area contributed by atoms with Crippen LogP contribution >= 0.6 is 12.2 Å². The first-order valence-electron chi connectivity index (χ1n) is 6.09. The molecule has 0 aliphatic carbocycles. The van der Waals surface area contributed by atoms with Crippen molar-refractivity contribution in [1.29, 1.82) is 0 Å². The number of nitrogens with one attached hydrogen (secondary N) is 1. The number of nitrogens with zero attached hydrogens (tertiary/aromatic N) is 1. The highest BCUT2D eigenvalue weighted by molar-refractivity contribution is 7.80. The van der Waals surface area contributed by atoms with Crippen molar-refractivity contribution in [1.82, 2.24) is 5.43 Å². The summed E-state index contributed by atoms with van der Waals surface area (Å²) >= 11 is 4.62. The Morgan fingerprint density at radius 1 is 1.55 bits per heavy atom. The molecule has 7 heteroatoms. The summed E-state index contributed by atoms with van der Waals surface area (Å²) in [6, 6.07) is 7.25. The van der Waals surface area contributed by atoms with E-state index in [0.29, 0.717) is 12.4 Å². The molecule has 0 saturated heterocycles. The third kappa shape index (κ3) is 6.69. The van der Waals surface area contributed by atoms with Gasteiger partial charge in [-0.05, 0) is 36.8 Å². The van der Waals surface area contributed by atoms with Crippen molar-refractivity contribution < 1.29 is 14.3 Å². The molecule has 0 aromatic heterocycles. The Hall–Kier alpha value is -2.15. The molecule has 0 saturated carbocycles. The van der Waals surface area contributed by atoms with E-state index in [9.17, 15) is 4.79 Å². The van der Waals surface area contributed by atoms with Gasteiger partial charge in [-0.3, -0.25) is 10.2 Å². The summed E-state index contributed by atoms with van der Waals surface area (Å²) in [5.74, 6) is 0.374. The van der Waals surface area contributed by atoms with Crippen LogP contribution in [0.2, 0.25) is 0 Å². The van der Waals surface area contributed by atoms with Gasteiger partial charge in [-0.1, -0.05) is 12.1 Å².